The van der Waals surface area contributed by atoms with Crippen LogP contribution in [0.1, 0.15) is 32.6 Å². The van der Waals surface area contributed by atoms with E-state index in [2.05, 4.69) is 28.7 Å². The van der Waals surface area contributed by atoms with Crippen molar-refractivity contribution >= 4 is 11.9 Å². The van der Waals surface area contributed by atoms with Gasteiger partial charge in [0.1, 0.15) is 0 Å². The van der Waals surface area contributed by atoms with Crippen molar-refractivity contribution in [3.05, 3.63) is 12.2 Å². The largest absolute Gasteiger partial charge is 0.469 e. The van der Waals surface area contributed by atoms with Crippen molar-refractivity contribution in [3.63, 3.8) is 0 Å². The van der Waals surface area contributed by atoms with Crippen LogP contribution in [0, 0.1) is 5.92 Å². The molecular formula is C16H26N2O3. The Labute approximate surface area is 126 Å². The number of carbonyl (C=O) groups is 2. The van der Waals surface area contributed by atoms with Gasteiger partial charge < -0.3 is 9.64 Å². The molecule has 2 aliphatic rings. The average Bonchev–Trinajstić information content (AvgIpc) is 2.97. The highest BCUT2D eigenvalue weighted by atomic mass is 16.5. The summed E-state index contributed by atoms with van der Waals surface area (Å²) in [7, 11) is 1.42. The number of piperazine rings is 1. The molecule has 0 aromatic heterocycles. The van der Waals surface area contributed by atoms with E-state index >= 15 is 0 Å². The van der Waals surface area contributed by atoms with Gasteiger partial charge in [-0.15, -0.1) is 0 Å². The fourth-order valence-electron chi connectivity index (χ4n) is 3.16. The summed E-state index contributed by atoms with van der Waals surface area (Å²) in [5, 5.41) is 0. The first-order valence-electron chi connectivity index (χ1n) is 7.85. The third-order valence-electron chi connectivity index (χ3n) is 4.44. The zero-order valence-electron chi connectivity index (χ0n) is 13.1. The Hall–Kier alpha value is -1.36. The Morgan fingerprint density at radius 1 is 1.33 bits per heavy atom. The highest BCUT2D eigenvalue weighted by Crippen LogP contribution is 2.22. The highest BCUT2D eigenvalue weighted by Gasteiger charge is 2.28. The van der Waals surface area contributed by atoms with E-state index in [0.717, 1.165) is 32.5 Å². The van der Waals surface area contributed by atoms with E-state index in [1.807, 2.05) is 4.90 Å². The maximum Gasteiger partial charge on any atom is 0.306 e. The van der Waals surface area contributed by atoms with Crippen LogP contribution in [0.2, 0.25) is 0 Å². The van der Waals surface area contributed by atoms with E-state index in [1.165, 1.54) is 7.11 Å². The molecule has 1 aliphatic heterocycles. The summed E-state index contributed by atoms with van der Waals surface area (Å²) in [6.45, 7) is 5.24. The smallest absolute Gasteiger partial charge is 0.306 e. The van der Waals surface area contributed by atoms with Crippen LogP contribution in [0.15, 0.2) is 12.2 Å². The van der Waals surface area contributed by atoms with Crippen molar-refractivity contribution in [1.29, 1.82) is 0 Å². The van der Waals surface area contributed by atoms with Gasteiger partial charge in [-0.2, -0.15) is 0 Å². The Kier molecular flexibility index (Phi) is 5.79. The number of nitrogens with zero attached hydrogens (tertiary/aromatic N) is 2. The van der Waals surface area contributed by atoms with E-state index < -0.39 is 0 Å². The zero-order valence-corrected chi connectivity index (χ0v) is 13.1. The molecular weight excluding hydrogens is 268 g/mol. The number of carbonyl (C=O) groups excluding carboxylic acids is 2. The minimum absolute atomic E-state index is 0.172. The van der Waals surface area contributed by atoms with Crippen molar-refractivity contribution in [2.75, 3.05) is 33.3 Å². The van der Waals surface area contributed by atoms with Gasteiger partial charge >= 0.3 is 5.97 Å². The van der Waals surface area contributed by atoms with E-state index in [4.69, 9.17) is 0 Å². The van der Waals surface area contributed by atoms with Crippen molar-refractivity contribution < 1.29 is 14.3 Å². The Morgan fingerprint density at radius 2 is 2.14 bits per heavy atom. The fourth-order valence-corrected chi connectivity index (χ4v) is 3.16. The summed E-state index contributed by atoms with van der Waals surface area (Å²) in [5.41, 5.74) is 0. The summed E-state index contributed by atoms with van der Waals surface area (Å²) in [5.74, 6) is 0.530. The van der Waals surface area contributed by atoms with Crippen LogP contribution < -0.4 is 0 Å². The van der Waals surface area contributed by atoms with Crippen LogP contribution in [-0.2, 0) is 14.3 Å². The molecule has 1 amide bonds. The van der Waals surface area contributed by atoms with E-state index in [0.29, 0.717) is 25.3 Å². The first-order chi connectivity index (χ1) is 10.1. The van der Waals surface area contributed by atoms with E-state index in [-0.39, 0.29) is 17.9 Å². The molecule has 118 valence electrons. The molecule has 0 bridgehead atoms. The molecule has 2 unspecified atom stereocenters. The van der Waals surface area contributed by atoms with Gasteiger partial charge in [0, 0.05) is 38.6 Å². The van der Waals surface area contributed by atoms with Crippen LogP contribution in [0.25, 0.3) is 0 Å². The predicted octanol–water partition coefficient (Wildman–Crippen LogP) is 1.44. The van der Waals surface area contributed by atoms with E-state index in [1.54, 1.807) is 0 Å². The standard InChI is InChI=1S/C16H26N2O3/c1-13-12-17(8-7-16(20)21-2)9-10-18(13)15(19)11-14-5-3-4-6-14/h3,5,13-14H,4,6-12H2,1-2H3. The minimum Gasteiger partial charge on any atom is -0.469 e. The van der Waals surface area contributed by atoms with Gasteiger partial charge in [-0.05, 0) is 25.7 Å². The van der Waals surface area contributed by atoms with Gasteiger partial charge in [0.25, 0.3) is 0 Å². The molecule has 2 rings (SSSR count). The number of allylic oxidation sites excluding steroid dienone is 2. The predicted molar refractivity (Wildman–Crippen MR) is 80.7 cm³/mol. The number of ether oxygens (including phenoxy) is 1. The second-order valence-electron chi connectivity index (χ2n) is 6.03. The molecule has 2 atom stereocenters. The summed E-state index contributed by atoms with van der Waals surface area (Å²) < 4.78 is 4.67. The van der Waals surface area contributed by atoms with Crippen molar-refractivity contribution in [1.82, 2.24) is 9.80 Å². The van der Waals surface area contributed by atoms with Gasteiger partial charge in [0.2, 0.25) is 5.91 Å². The Morgan fingerprint density at radius 3 is 2.76 bits per heavy atom. The molecule has 1 saturated heterocycles. The Bertz CT molecular complexity index is 408. The summed E-state index contributed by atoms with van der Waals surface area (Å²) in [6, 6.07) is 0.217. The molecule has 5 heteroatoms. The Balaban J connectivity index is 1.76. The van der Waals surface area contributed by atoms with Gasteiger partial charge in [-0.3, -0.25) is 14.5 Å². The zero-order chi connectivity index (χ0) is 15.2. The first-order valence-corrected chi connectivity index (χ1v) is 7.85. The van der Waals surface area contributed by atoms with Crippen LogP contribution in [0.4, 0.5) is 0 Å². The second kappa shape index (κ2) is 7.59. The lowest BCUT2D eigenvalue weighted by Crippen LogP contribution is -2.54. The van der Waals surface area contributed by atoms with Crippen LogP contribution in [0.3, 0.4) is 0 Å². The molecule has 0 saturated carbocycles. The molecule has 0 aromatic carbocycles. The normalized spacial score (nSPS) is 26.1. The number of rotatable bonds is 5. The van der Waals surface area contributed by atoms with Crippen molar-refractivity contribution in [3.8, 4) is 0 Å². The van der Waals surface area contributed by atoms with Gasteiger partial charge in [0.05, 0.1) is 13.5 Å². The van der Waals surface area contributed by atoms with Crippen LogP contribution in [-0.4, -0.2) is 61.0 Å². The monoisotopic (exact) mass is 294 g/mol. The molecule has 21 heavy (non-hydrogen) atoms. The molecule has 1 aliphatic carbocycles. The lowest BCUT2D eigenvalue weighted by Gasteiger charge is -2.40. The number of methoxy groups -OCH3 is 1. The van der Waals surface area contributed by atoms with Gasteiger partial charge in [-0.25, -0.2) is 0 Å². The third-order valence-corrected chi connectivity index (χ3v) is 4.44. The fraction of sp³-hybridized carbons (Fsp3) is 0.750. The quantitative estimate of drug-likeness (QED) is 0.569. The minimum atomic E-state index is -0.172. The molecule has 0 radical (unpaired) electrons. The topological polar surface area (TPSA) is 49.9 Å². The second-order valence-corrected chi connectivity index (χ2v) is 6.03. The first kappa shape index (κ1) is 16.0. The van der Waals surface area contributed by atoms with Gasteiger partial charge in [0.15, 0.2) is 0 Å². The lowest BCUT2D eigenvalue weighted by molar-refractivity contribution is -0.142. The number of esters is 1. The maximum absolute atomic E-state index is 12.4. The molecule has 1 fully saturated rings. The lowest BCUT2D eigenvalue weighted by atomic mass is 10.0. The average molecular weight is 294 g/mol. The SMILES string of the molecule is COC(=O)CCN1CCN(C(=O)CC2C=CCC2)C(C)C1. The van der Waals surface area contributed by atoms with Crippen molar-refractivity contribution in [2.45, 2.75) is 38.6 Å². The van der Waals surface area contributed by atoms with E-state index in [9.17, 15) is 9.59 Å². The number of hydrogen-bond acceptors (Lipinski definition) is 4. The molecule has 0 spiro atoms. The maximum atomic E-state index is 12.4. The molecule has 0 N–H and O–H groups in total. The third kappa shape index (κ3) is 4.56. The summed E-state index contributed by atoms with van der Waals surface area (Å²) >= 11 is 0. The van der Waals surface area contributed by atoms with Crippen LogP contribution >= 0.6 is 0 Å². The number of amides is 1. The highest BCUT2D eigenvalue weighted by molar-refractivity contribution is 5.77. The molecule has 1 heterocycles. The summed E-state index contributed by atoms with van der Waals surface area (Å²) in [4.78, 5) is 27.8. The van der Waals surface area contributed by atoms with Crippen molar-refractivity contribution in [2.24, 2.45) is 5.92 Å². The van der Waals surface area contributed by atoms with Crippen LogP contribution in [0.5, 0.6) is 0 Å². The molecule has 0 aromatic rings. The summed E-state index contributed by atoms with van der Waals surface area (Å²) in [6.07, 6.45) is 7.63. The van der Waals surface area contributed by atoms with Gasteiger partial charge in [-0.1, -0.05) is 12.2 Å². The number of hydrogen-bond donors (Lipinski definition) is 0. The molecule has 5 nitrogen and oxygen atoms in total.